The number of imide groups is 1. The Labute approximate surface area is 196 Å². The van der Waals surface area contributed by atoms with Crippen molar-refractivity contribution in [3.05, 3.63) is 66.0 Å². The normalized spacial score (nSPS) is 21.5. The van der Waals surface area contributed by atoms with Crippen LogP contribution in [0.1, 0.15) is 56.1 Å². The fraction of sp³-hybridized carbons (Fsp3) is 0.519. The van der Waals surface area contributed by atoms with Gasteiger partial charge in [0.15, 0.2) is 0 Å². The molecule has 3 fully saturated rings. The molecule has 2 aromatic rings. The van der Waals surface area contributed by atoms with Crippen molar-refractivity contribution in [3.63, 3.8) is 0 Å². The molecule has 3 aliphatic rings. The molecule has 6 heteroatoms. The van der Waals surface area contributed by atoms with Crippen molar-refractivity contribution in [1.29, 1.82) is 0 Å². The van der Waals surface area contributed by atoms with Crippen molar-refractivity contribution < 1.29 is 9.59 Å². The van der Waals surface area contributed by atoms with Crippen LogP contribution in [-0.2, 0) is 17.8 Å². The zero-order chi connectivity index (χ0) is 22.7. The number of nitrogens with zero attached hydrogens (tertiary/aromatic N) is 4. The summed E-state index contributed by atoms with van der Waals surface area (Å²) in [4.78, 5) is 37.5. The van der Waals surface area contributed by atoms with Crippen LogP contribution in [0.4, 0.5) is 4.79 Å². The van der Waals surface area contributed by atoms with Gasteiger partial charge in [-0.15, -0.1) is 0 Å². The van der Waals surface area contributed by atoms with Gasteiger partial charge in [-0.1, -0.05) is 49.2 Å². The van der Waals surface area contributed by atoms with Gasteiger partial charge in [0.1, 0.15) is 5.54 Å². The van der Waals surface area contributed by atoms with E-state index in [0.29, 0.717) is 19.1 Å². The number of aromatic nitrogens is 1. The van der Waals surface area contributed by atoms with Gasteiger partial charge in [-0.25, -0.2) is 4.79 Å². The molecule has 33 heavy (non-hydrogen) atoms. The molecule has 0 unspecified atom stereocenters. The third-order valence-electron chi connectivity index (χ3n) is 7.84. The summed E-state index contributed by atoms with van der Waals surface area (Å²) in [6, 6.07) is 14.6. The summed E-state index contributed by atoms with van der Waals surface area (Å²) in [6.45, 7) is 2.76. The van der Waals surface area contributed by atoms with E-state index in [1.165, 1.54) is 30.6 Å². The van der Waals surface area contributed by atoms with Gasteiger partial charge in [-0.2, -0.15) is 0 Å². The van der Waals surface area contributed by atoms with Gasteiger partial charge in [0.2, 0.25) is 0 Å². The van der Waals surface area contributed by atoms with Crippen LogP contribution in [0.25, 0.3) is 0 Å². The minimum absolute atomic E-state index is 0.0145. The molecule has 1 aromatic carbocycles. The molecule has 0 radical (unpaired) electrons. The lowest BCUT2D eigenvalue weighted by atomic mass is 9.84. The topological polar surface area (TPSA) is 56.8 Å². The van der Waals surface area contributed by atoms with Crippen molar-refractivity contribution in [2.45, 2.75) is 69.5 Å². The van der Waals surface area contributed by atoms with E-state index in [-0.39, 0.29) is 11.9 Å². The maximum Gasteiger partial charge on any atom is 0.327 e. The minimum Gasteiger partial charge on any atom is -0.305 e. The van der Waals surface area contributed by atoms with E-state index in [2.05, 4.69) is 9.88 Å². The SMILES string of the molecule is O=C1N(CCCc2cccnc2)C(=O)C2(CCN(C3CCCC3)CC2)N1Cc1ccccc1. The van der Waals surface area contributed by atoms with E-state index in [1.54, 1.807) is 6.20 Å². The molecule has 2 aliphatic heterocycles. The average molecular weight is 447 g/mol. The van der Waals surface area contributed by atoms with Crippen molar-refractivity contribution in [2.24, 2.45) is 0 Å². The Morgan fingerprint density at radius 1 is 0.939 bits per heavy atom. The van der Waals surface area contributed by atoms with E-state index >= 15 is 0 Å². The van der Waals surface area contributed by atoms with Gasteiger partial charge >= 0.3 is 6.03 Å². The number of carbonyl (C=O) groups excluding carboxylic acids is 2. The minimum atomic E-state index is -0.698. The van der Waals surface area contributed by atoms with E-state index in [4.69, 9.17) is 0 Å². The quantitative estimate of drug-likeness (QED) is 0.597. The number of amides is 3. The van der Waals surface area contributed by atoms with E-state index in [0.717, 1.165) is 49.9 Å². The van der Waals surface area contributed by atoms with Crippen molar-refractivity contribution in [2.75, 3.05) is 19.6 Å². The Kier molecular flexibility index (Phi) is 6.45. The number of carbonyl (C=O) groups is 2. The predicted molar refractivity (Wildman–Crippen MR) is 127 cm³/mol. The number of likely N-dealkylation sites (tertiary alicyclic amines) is 1. The van der Waals surface area contributed by atoms with Gasteiger partial charge in [0.25, 0.3) is 5.91 Å². The summed E-state index contributed by atoms with van der Waals surface area (Å²) in [5, 5.41) is 0. The lowest BCUT2D eigenvalue weighted by Crippen LogP contribution is -2.57. The maximum absolute atomic E-state index is 13.8. The Bertz CT molecular complexity index is 951. The monoisotopic (exact) mass is 446 g/mol. The highest BCUT2D eigenvalue weighted by atomic mass is 16.2. The zero-order valence-corrected chi connectivity index (χ0v) is 19.4. The highest BCUT2D eigenvalue weighted by Crippen LogP contribution is 2.40. The van der Waals surface area contributed by atoms with Gasteiger partial charge in [-0.05, 0) is 55.7 Å². The Morgan fingerprint density at radius 2 is 1.67 bits per heavy atom. The highest BCUT2D eigenvalue weighted by Gasteiger charge is 2.57. The summed E-state index contributed by atoms with van der Waals surface area (Å²) in [5.74, 6) is 0.0145. The van der Waals surface area contributed by atoms with E-state index in [9.17, 15) is 9.59 Å². The summed E-state index contributed by atoms with van der Waals surface area (Å²) >= 11 is 0. The van der Waals surface area contributed by atoms with Crippen LogP contribution in [0.3, 0.4) is 0 Å². The molecule has 2 saturated heterocycles. The van der Waals surface area contributed by atoms with Crippen LogP contribution in [0, 0.1) is 0 Å². The van der Waals surface area contributed by atoms with Crippen LogP contribution in [-0.4, -0.2) is 62.8 Å². The van der Waals surface area contributed by atoms with Crippen LogP contribution in [0.15, 0.2) is 54.9 Å². The van der Waals surface area contributed by atoms with Gasteiger partial charge in [0, 0.05) is 44.6 Å². The number of piperidine rings is 1. The summed E-state index contributed by atoms with van der Waals surface area (Å²) in [7, 11) is 0. The first-order valence-corrected chi connectivity index (χ1v) is 12.5. The molecule has 5 rings (SSSR count). The highest BCUT2D eigenvalue weighted by molar-refractivity contribution is 6.07. The van der Waals surface area contributed by atoms with Crippen LogP contribution >= 0.6 is 0 Å². The van der Waals surface area contributed by atoms with Crippen LogP contribution in [0.2, 0.25) is 0 Å². The van der Waals surface area contributed by atoms with E-state index < -0.39 is 5.54 Å². The van der Waals surface area contributed by atoms with Crippen molar-refractivity contribution in [3.8, 4) is 0 Å². The third-order valence-corrected chi connectivity index (χ3v) is 7.84. The molecule has 1 aromatic heterocycles. The number of hydrogen-bond acceptors (Lipinski definition) is 4. The fourth-order valence-corrected chi connectivity index (χ4v) is 5.96. The number of benzene rings is 1. The molecule has 3 heterocycles. The Balaban J connectivity index is 1.32. The number of aryl methyl sites for hydroxylation is 1. The molecule has 0 atom stereocenters. The van der Waals surface area contributed by atoms with Crippen molar-refractivity contribution in [1.82, 2.24) is 19.7 Å². The fourth-order valence-electron chi connectivity index (χ4n) is 5.96. The predicted octanol–water partition coefficient (Wildman–Crippen LogP) is 4.26. The molecule has 1 saturated carbocycles. The standard InChI is InChI=1S/C27H34N4O2/c32-25-27(14-18-29(19-15-27)24-12-4-5-13-24)31(21-23-8-2-1-3-9-23)26(33)30(25)17-7-11-22-10-6-16-28-20-22/h1-3,6,8-10,16,20,24H,4-5,7,11-15,17-19,21H2. The molecule has 6 nitrogen and oxygen atoms in total. The average Bonchev–Trinajstić information content (AvgIpc) is 3.46. The first kappa shape index (κ1) is 22.1. The molecule has 1 spiro atoms. The molecule has 0 N–H and O–H groups in total. The van der Waals surface area contributed by atoms with Gasteiger partial charge < -0.3 is 9.80 Å². The van der Waals surface area contributed by atoms with Gasteiger partial charge in [-0.3, -0.25) is 14.7 Å². The summed E-state index contributed by atoms with van der Waals surface area (Å²) < 4.78 is 0. The number of urea groups is 1. The Hall–Kier alpha value is -2.73. The largest absolute Gasteiger partial charge is 0.327 e. The maximum atomic E-state index is 13.8. The second-order valence-electron chi connectivity index (χ2n) is 9.78. The molecule has 3 amide bonds. The first-order chi connectivity index (χ1) is 16.2. The first-order valence-electron chi connectivity index (χ1n) is 12.5. The molecular weight excluding hydrogens is 412 g/mol. The summed E-state index contributed by atoms with van der Waals surface area (Å²) in [5.41, 5.74) is 1.52. The molecule has 1 aliphatic carbocycles. The zero-order valence-electron chi connectivity index (χ0n) is 19.4. The van der Waals surface area contributed by atoms with E-state index in [1.807, 2.05) is 53.6 Å². The molecule has 0 bridgehead atoms. The molecular formula is C27H34N4O2. The lowest BCUT2D eigenvalue weighted by Gasteiger charge is -2.44. The number of hydrogen-bond donors (Lipinski definition) is 0. The lowest BCUT2D eigenvalue weighted by molar-refractivity contribution is -0.136. The smallest absolute Gasteiger partial charge is 0.305 e. The van der Waals surface area contributed by atoms with Crippen molar-refractivity contribution >= 4 is 11.9 Å². The Morgan fingerprint density at radius 3 is 2.36 bits per heavy atom. The van der Waals surface area contributed by atoms with Crippen LogP contribution in [0.5, 0.6) is 0 Å². The number of rotatable bonds is 7. The second-order valence-corrected chi connectivity index (χ2v) is 9.78. The third kappa shape index (κ3) is 4.41. The number of pyridine rings is 1. The van der Waals surface area contributed by atoms with Gasteiger partial charge in [0.05, 0.1) is 0 Å². The van der Waals surface area contributed by atoms with Crippen LogP contribution < -0.4 is 0 Å². The second kappa shape index (κ2) is 9.64. The molecule has 174 valence electrons. The summed E-state index contributed by atoms with van der Waals surface area (Å²) in [6.07, 6.45) is 11.8.